The molecule has 0 spiro atoms. The molecular formula is C12H16Br2N2O. The number of benzene rings is 1. The minimum absolute atomic E-state index is 0.226. The van der Waals surface area contributed by atoms with Gasteiger partial charge >= 0.3 is 0 Å². The quantitative estimate of drug-likeness (QED) is 0.643. The molecule has 0 saturated carbocycles. The summed E-state index contributed by atoms with van der Waals surface area (Å²) in [5.74, 6) is 0.226. The summed E-state index contributed by atoms with van der Waals surface area (Å²) in [6.45, 7) is 1.78. The number of hydrogen-bond donors (Lipinski definition) is 1. The predicted octanol–water partition coefficient (Wildman–Crippen LogP) is 3.29. The molecule has 0 heterocycles. The Bertz CT molecular complexity index is 406. The van der Waals surface area contributed by atoms with Crippen molar-refractivity contribution in [3.63, 3.8) is 0 Å². The Hall–Kier alpha value is -0.390. The van der Waals surface area contributed by atoms with Gasteiger partial charge in [0.1, 0.15) is 5.75 Å². The van der Waals surface area contributed by atoms with E-state index in [1.165, 1.54) is 0 Å². The molecule has 0 aromatic heterocycles. The molecule has 1 rings (SSSR count). The first-order valence-corrected chi connectivity index (χ1v) is 6.92. The molecule has 0 bridgehead atoms. The van der Waals surface area contributed by atoms with Gasteiger partial charge in [0.05, 0.1) is 4.47 Å². The van der Waals surface area contributed by atoms with Crippen LogP contribution in [0.5, 0.6) is 5.75 Å². The lowest BCUT2D eigenvalue weighted by molar-refractivity contribution is 0.403. The van der Waals surface area contributed by atoms with E-state index >= 15 is 0 Å². The lowest BCUT2D eigenvalue weighted by atomic mass is 10.2. The van der Waals surface area contributed by atoms with Gasteiger partial charge in [0.2, 0.25) is 0 Å². The van der Waals surface area contributed by atoms with E-state index in [-0.39, 0.29) is 5.75 Å². The average Bonchev–Trinajstić information content (AvgIpc) is 2.23. The molecule has 0 aliphatic rings. The molecule has 0 amide bonds. The second kappa shape index (κ2) is 7.13. The van der Waals surface area contributed by atoms with Crippen molar-refractivity contribution in [2.24, 2.45) is 4.99 Å². The molecule has 1 aromatic rings. The minimum Gasteiger partial charge on any atom is -0.506 e. The third-order valence-corrected chi connectivity index (χ3v) is 3.24. The van der Waals surface area contributed by atoms with Crippen molar-refractivity contribution in [1.82, 2.24) is 4.90 Å². The SMILES string of the molecule is CN(C)CCCN=Cc1cc(Br)cc(Br)c1O. The third-order valence-electron chi connectivity index (χ3n) is 2.18. The third kappa shape index (κ3) is 5.19. The Morgan fingerprint density at radius 1 is 1.35 bits per heavy atom. The Morgan fingerprint density at radius 2 is 2.06 bits per heavy atom. The lowest BCUT2D eigenvalue weighted by Gasteiger charge is -2.06. The highest BCUT2D eigenvalue weighted by molar-refractivity contribution is 9.11. The second-order valence-corrected chi connectivity index (χ2v) is 5.79. The Labute approximate surface area is 119 Å². The van der Waals surface area contributed by atoms with E-state index in [9.17, 15) is 5.11 Å². The largest absolute Gasteiger partial charge is 0.506 e. The van der Waals surface area contributed by atoms with Gasteiger partial charge in [-0.15, -0.1) is 0 Å². The van der Waals surface area contributed by atoms with E-state index in [0.717, 1.165) is 29.5 Å². The monoisotopic (exact) mass is 362 g/mol. The fraction of sp³-hybridized carbons (Fsp3) is 0.417. The Balaban J connectivity index is 2.59. The average molecular weight is 364 g/mol. The van der Waals surface area contributed by atoms with Crippen LogP contribution < -0.4 is 0 Å². The summed E-state index contributed by atoms with van der Waals surface area (Å²) < 4.78 is 1.58. The van der Waals surface area contributed by atoms with Gasteiger partial charge in [0.15, 0.2) is 0 Å². The smallest absolute Gasteiger partial charge is 0.138 e. The van der Waals surface area contributed by atoms with Gasteiger partial charge in [0.25, 0.3) is 0 Å². The molecule has 94 valence electrons. The van der Waals surface area contributed by atoms with Gasteiger partial charge in [-0.3, -0.25) is 4.99 Å². The maximum absolute atomic E-state index is 9.80. The van der Waals surface area contributed by atoms with Crippen LogP contribution in [0.1, 0.15) is 12.0 Å². The molecule has 17 heavy (non-hydrogen) atoms. The lowest BCUT2D eigenvalue weighted by Crippen LogP contribution is -2.13. The fourth-order valence-electron chi connectivity index (χ4n) is 1.33. The molecule has 0 saturated heterocycles. The second-order valence-electron chi connectivity index (χ2n) is 4.02. The molecule has 3 nitrogen and oxygen atoms in total. The van der Waals surface area contributed by atoms with Crippen LogP contribution in [0.25, 0.3) is 0 Å². The summed E-state index contributed by atoms with van der Waals surface area (Å²) in [4.78, 5) is 6.43. The Morgan fingerprint density at radius 3 is 2.71 bits per heavy atom. The highest BCUT2D eigenvalue weighted by atomic mass is 79.9. The Kier molecular flexibility index (Phi) is 6.16. The van der Waals surface area contributed by atoms with Crippen LogP contribution in [0.3, 0.4) is 0 Å². The van der Waals surface area contributed by atoms with E-state index in [0.29, 0.717) is 4.47 Å². The van der Waals surface area contributed by atoms with E-state index in [1.54, 1.807) is 12.3 Å². The first kappa shape index (κ1) is 14.7. The van der Waals surface area contributed by atoms with Crippen LogP contribution in [-0.4, -0.2) is 43.4 Å². The first-order chi connectivity index (χ1) is 8.00. The van der Waals surface area contributed by atoms with Crippen LogP contribution in [0.4, 0.5) is 0 Å². The van der Waals surface area contributed by atoms with Crippen LogP contribution in [0, 0.1) is 0 Å². The van der Waals surface area contributed by atoms with Crippen molar-refractivity contribution in [1.29, 1.82) is 0 Å². The topological polar surface area (TPSA) is 35.8 Å². The van der Waals surface area contributed by atoms with E-state index in [2.05, 4.69) is 41.8 Å². The number of rotatable bonds is 5. The number of aliphatic imine (C=N–C) groups is 1. The number of phenols is 1. The molecule has 0 atom stereocenters. The normalized spacial score (nSPS) is 11.6. The zero-order valence-corrected chi connectivity index (χ0v) is 13.1. The van der Waals surface area contributed by atoms with Gasteiger partial charge in [-0.1, -0.05) is 15.9 Å². The van der Waals surface area contributed by atoms with Crippen molar-refractivity contribution in [2.75, 3.05) is 27.2 Å². The highest BCUT2D eigenvalue weighted by Crippen LogP contribution is 2.30. The highest BCUT2D eigenvalue weighted by Gasteiger charge is 2.04. The molecule has 5 heteroatoms. The first-order valence-electron chi connectivity index (χ1n) is 5.33. The van der Waals surface area contributed by atoms with Crippen LogP contribution in [0.15, 0.2) is 26.1 Å². The van der Waals surface area contributed by atoms with Gasteiger partial charge < -0.3 is 10.0 Å². The minimum atomic E-state index is 0.226. The van der Waals surface area contributed by atoms with Crippen molar-refractivity contribution in [2.45, 2.75) is 6.42 Å². The van der Waals surface area contributed by atoms with Gasteiger partial charge in [-0.05, 0) is 55.1 Å². The summed E-state index contributed by atoms with van der Waals surface area (Å²) in [5.41, 5.74) is 0.719. The standard InChI is InChI=1S/C12H16Br2N2O/c1-16(2)5-3-4-15-8-9-6-10(13)7-11(14)12(9)17/h6-8,17H,3-5H2,1-2H3. The maximum Gasteiger partial charge on any atom is 0.138 e. The number of phenolic OH excluding ortho intramolecular Hbond substituents is 1. The van der Waals surface area contributed by atoms with Crippen molar-refractivity contribution in [3.8, 4) is 5.75 Å². The number of aromatic hydroxyl groups is 1. The van der Waals surface area contributed by atoms with Crippen LogP contribution in [0.2, 0.25) is 0 Å². The molecule has 0 fully saturated rings. The van der Waals surface area contributed by atoms with Crippen LogP contribution >= 0.6 is 31.9 Å². The fourth-order valence-corrected chi connectivity index (χ4v) is 2.58. The summed E-state index contributed by atoms with van der Waals surface area (Å²) in [6.07, 6.45) is 2.72. The van der Waals surface area contributed by atoms with Crippen LogP contribution in [-0.2, 0) is 0 Å². The van der Waals surface area contributed by atoms with E-state index in [1.807, 2.05) is 20.2 Å². The number of halogens is 2. The summed E-state index contributed by atoms with van der Waals surface area (Å²) in [6, 6.07) is 3.65. The van der Waals surface area contributed by atoms with Crippen molar-refractivity contribution >= 4 is 38.1 Å². The number of hydrogen-bond acceptors (Lipinski definition) is 3. The zero-order valence-electron chi connectivity index (χ0n) is 9.95. The van der Waals surface area contributed by atoms with Crippen molar-refractivity contribution < 1.29 is 5.11 Å². The molecule has 0 radical (unpaired) electrons. The number of nitrogens with zero attached hydrogens (tertiary/aromatic N) is 2. The van der Waals surface area contributed by atoms with Gasteiger partial charge in [0, 0.05) is 22.8 Å². The molecular weight excluding hydrogens is 348 g/mol. The van der Waals surface area contributed by atoms with Gasteiger partial charge in [-0.2, -0.15) is 0 Å². The van der Waals surface area contributed by atoms with E-state index in [4.69, 9.17) is 0 Å². The summed E-state index contributed by atoms with van der Waals surface area (Å²) in [7, 11) is 4.09. The zero-order chi connectivity index (χ0) is 12.8. The van der Waals surface area contributed by atoms with Gasteiger partial charge in [-0.25, -0.2) is 0 Å². The summed E-state index contributed by atoms with van der Waals surface area (Å²) in [5, 5.41) is 9.80. The molecule has 1 aromatic carbocycles. The van der Waals surface area contributed by atoms with Crippen molar-refractivity contribution in [3.05, 3.63) is 26.6 Å². The summed E-state index contributed by atoms with van der Waals surface area (Å²) >= 11 is 6.67. The molecule has 0 unspecified atom stereocenters. The predicted molar refractivity (Wildman–Crippen MR) is 79.1 cm³/mol. The molecule has 1 N–H and O–H groups in total. The maximum atomic E-state index is 9.80. The molecule has 0 aliphatic heterocycles. The molecule has 0 aliphatic carbocycles. The van der Waals surface area contributed by atoms with E-state index < -0.39 is 0 Å².